The average molecular weight is 415 g/mol. The van der Waals surface area contributed by atoms with E-state index in [0.29, 0.717) is 18.3 Å². The zero-order valence-electron chi connectivity index (χ0n) is 16.6. The number of carbonyl (C=O) groups excluding carboxylic acids is 1. The molecule has 4 bridgehead atoms. The van der Waals surface area contributed by atoms with Gasteiger partial charge < -0.3 is 4.74 Å². The van der Waals surface area contributed by atoms with Crippen LogP contribution in [0.25, 0.3) is 0 Å². The highest BCUT2D eigenvalue weighted by molar-refractivity contribution is 7.14. The molecule has 6 rings (SSSR count). The number of hydrogen-bond acceptors (Lipinski definition) is 6. The Labute approximate surface area is 173 Å². The van der Waals surface area contributed by atoms with Gasteiger partial charge in [-0.3, -0.25) is 14.9 Å². The Morgan fingerprint density at radius 3 is 2.59 bits per heavy atom. The molecule has 0 saturated heterocycles. The van der Waals surface area contributed by atoms with Crippen molar-refractivity contribution in [3.63, 3.8) is 0 Å². The Morgan fingerprint density at radius 1 is 1.24 bits per heavy atom. The number of thiazole rings is 1. The number of nitrogens with zero attached hydrogens (tertiary/aromatic N) is 3. The van der Waals surface area contributed by atoms with Gasteiger partial charge in [-0.1, -0.05) is 0 Å². The number of aromatic nitrogens is 3. The van der Waals surface area contributed by atoms with Crippen LogP contribution in [-0.4, -0.2) is 34.4 Å². The minimum absolute atomic E-state index is 0.201. The van der Waals surface area contributed by atoms with E-state index in [1.807, 2.05) is 0 Å². The number of amides is 1. The monoisotopic (exact) mass is 414 g/mol. The molecule has 8 heteroatoms. The summed E-state index contributed by atoms with van der Waals surface area (Å²) < 4.78 is 6.24. The van der Waals surface area contributed by atoms with Crippen molar-refractivity contribution in [2.45, 2.75) is 50.5 Å². The smallest absolute Gasteiger partial charge is 0.277 e. The minimum Gasteiger partial charge on any atom is -0.383 e. The molecule has 0 aromatic carbocycles. The van der Waals surface area contributed by atoms with Crippen molar-refractivity contribution < 1.29 is 9.53 Å². The fourth-order valence-electron chi connectivity index (χ4n) is 6.07. The largest absolute Gasteiger partial charge is 0.383 e. The Kier molecular flexibility index (Phi) is 4.78. The van der Waals surface area contributed by atoms with Crippen molar-refractivity contribution >= 4 is 22.4 Å². The first-order chi connectivity index (χ1) is 14.0. The molecule has 2 heterocycles. The average Bonchev–Trinajstić information content (AvgIpc) is 3.15. The summed E-state index contributed by atoms with van der Waals surface area (Å²) in [6, 6.07) is 2.81. The summed E-state index contributed by atoms with van der Waals surface area (Å²) >= 11 is 1.48. The van der Waals surface area contributed by atoms with E-state index in [1.54, 1.807) is 7.11 Å². The SMILES string of the molecule is COCCn1nc(C(=O)Nc2nc(C34CC5CC(CC(C5)C3)C4)cs2)ccc1=O. The predicted molar refractivity (Wildman–Crippen MR) is 110 cm³/mol. The molecule has 0 radical (unpaired) electrons. The van der Waals surface area contributed by atoms with Gasteiger partial charge in [-0.05, 0) is 62.3 Å². The van der Waals surface area contributed by atoms with Crippen LogP contribution in [0.4, 0.5) is 5.13 Å². The summed E-state index contributed by atoms with van der Waals surface area (Å²) in [5.74, 6) is 2.23. The Balaban J connectivity index is 1.32. The van der Waals surface area contributed by atoms with Crippen molar-refractivity contribution in [3.05, 3.63) is 39.3 Å². The molecular weight excluding hydrogens is 388 g/mol. The number of anilines is 1. The maximum absolute atomic E-state index is 12.7. The van der Waals surface area contributed by atoms with Gasteiger partial charge in [0.15, 0.2) is 5.13 Å². The topological polar surface area (TPSA) is 86.1 Å². The molecular formula is C21H26N4O3S. The summed E-state index contributed by atoms with van der Waals surface area (Å²) in [5, 5.41) is 9.77. The normalized spacial score (nSPS) is 29.9. The number of hydrogen-bond donors (Lipinski definition) is 1. The molecule has 4 fully saturated rings. The summed E-state index contributed by atoms with van der Waals surface area (Å²) in [6.07, 6.45) is 7.96. The van der Waals surface area contributed by atoms with Gasteiger partial charge in [0.2, 0.25) is 0 Å². The molecule has 154 valence electrons. The lowest BCUT2D eigenvalue weighted by Gasteiger charge is -2.56. The van der Waals surface area contributed by atoms with Gasteiger partial charge in [0.25, 0.3) is 11.5 Å². The van der Waals surface area contributed by atoms with Gasteiger partial charge in [0.1, 0.15) is 5.69 Å². The summed E-state index contributed by atoms with van der Waals surface area (Å²) in [7, 11) is 1.56. The highest BCUT2D eigenvalue weighted by atomic mass is 32.1. The molecule has 2 aromatic heterocycles. The van der Waals surface area contributed by atoms with E-state index >= 15 is 0 Å². The predicted octanol–water partition coefficient (Wildman–Crippen LogP) is 3.07. The fraction of sp³-hybridized carbons (Fsp3) is 0.619. The highest BCUT2D eigenvalue weighted by Crippen LogP contribution is 2.60. The number of nitrogens with one attached hydrogen (secondary N) is 1. The van der Waals surface area contributed by atoms with E-state index in [-0.39, 0.29) is 22.6 Å². The third-order valence-electron chi connectivity index (χ3n) is 6.91. The maximum atomic E-state index is 12.7. The van der Waals surface area contributed by atoms with Gasteiger partial charge in [-0.15, -0.1) is 11.3 Å². The van der Waals surface area contributed by atoms with Gasteiger partial charge in [-0.25, -0.2) is 9.67 Å². The van der Waals surface area contributed by atoms with Crippen LogP contribution in [-0.2, 0) is 16.7 Å². The van der Waals surface area contributed by atoms with Crippen LogP contribution in [0.1, 0.15) is 54.7 Å². The molecule has 1 amide bonds. The molecule has 0 aliphatic heterocycles. The highest BCUT2D eigenvalue weighted by Gasteiger charge is 2.52. The van der Waals surface area contributed by atoms with E-state index in [1.165, 1.54) is 66.7 Å². The van der Waals surface area contributed by atoms with E-state index in [2.05, 4.69) is 15.8 Å². The molecule has 0 spiro atoms. The number of carbonyl (C=O) groups is 1. The van der Waals surface area contributed by atoms with Crippen molar-refractivity contribution in [1.29, 1.82) is 0 Å². The Bertz CT molecular complexity index is 947. The van der Waals surface area contributed by atoms with Gasteiger partial charge in [0, 0.05) is 24.0 Å². The standard InChI is InChI=1S/C21H26N4O3S/c1-28-5-4-25-18(26)3-2-16(24-25)19(27)23-20-22-17(12-29-20)21-9-13-6-14(10-21)8-15(7-13)11-21/h2-3,12-15H,4-11H2,1H3,(H,22,23,27). The van der Waals surface area contributed by atoms with Crippen LogP contribution in [0.3, 0.4) is 0 Å². The van der Waals surface area contributed by atoms with Crippen LogP contribution in [0.2, 0.25) is 0 Å². The first kappa shape index (κ1) is 18.9. The molecule has 29 heavy (non-hydrogen) atoms. The molecule has 4 aliphatic carbocycles. The summed E-state index contributed by atoms with van der Waals surface area (Å²) in [6.45, 7) is 0.669. The van der Waals surface area contributed by atoms with E-state index in [9.17, 15) is 9.59 Å². The van der Waals surface area contributed by atoms with Gasteiger partial charge in [-0.2, -0.15) is 5.10 Å². The Hall–Kier alpha value is -2.06. The second-order valence-corrected chi connectivity index (χ2v) is 9.82. The summed E-state index contributed by atoms with van der Waals surface area (Å²) in [5.41, 5.74) is 1.33. The van der Waals surface area contributed by atoms with Gasteiger partial charge in [0.05, 0.1) is 18.8 Å². The van der Waals surface area contributed by atoms with Crippen molar-refractivity contribution in [3.8, 4) is 0 Å². The zero-order valence-corrected chi connectivity index (χ0v) is 17.4. The second kappa shape index (κ2) is 7.32. The quantitative estimate of drug-likeness (QED) is 0.785. The lowest BCUT2D eigenvalue weighted by atomic mass is 9.49. The van der Waals surface area contributed by atoms with Crippen LogP contribution in [0, 0.1) is 17.8 Å². The number of methoxy groups -OCH3 is 1. The molecule has 7 nitrogen and oxygen atoms in total. The first-order valence-electron chi connectivity index (χ1n) is 10.4. The zero-order chi connectivity index (χ0) is 20.0. The molecule has 2 aromatic rings. The van der Waals surface area contributed by atoms with Crippen LogP contribution >= 0.6 is 11.3 Å². The third kappa shape index (κ3) is 3.53. The van der Waals surface area contributed by atoms with Crippen LogP contribution in [0.5, 0.6) is 0 Å². The maximum Gasteiger partial charge on any atom is 0.277 e. The first-order valence-corrected chi connectivity index (χ1v) is 11.3. The lowest BCUT2D eigenvalue weighted by molar-refractivity contribution is -0.00688. The second-order valence-electron chi connectivity index (χ2n) is 8.96. The minimum atomic E-state index is -0.345. The fourth-order valence-corrected chi connectivity index (χ4v) is 6.90. The molecule has 1 N–H and O–H groups in total. The molecule has 4 saturated carbocycles. The van der Waals surface area contributed by atoms with E-state index < -0.39 is 0 Å². The van der Waals surface area contributed by atoms with E-state index in [4.69, 9.17) is 9.72 Å². The summed E-state index contributed by atoms with van der Waals surface area (Å²) in [4.78, 5) is 29.4. The van der Waals surface area contributed by atoms with Crippen molar-refractivity contribution in [2.75, 3.05) is 19.0 Å². The van der Waals surface area contributed by atoms with Crippen LogP contribution < -0.4 is 10.9 Å². The Morgan fingerprint density at radius 2 is 1.93 bits per heavy atom. The van der Waals surface area contributed by atoms with Crippen LogP contribution in [0.15, 0.2) is 22.3 Å². The third-order valence-corrected chi connectivity index (χ3v) is 7.67. The molecule has 4 aliphatic rings. The van der Waals surface area contributed by atoms with Gasteiger partial charge >= 0.3 is 0 Å². The molecule has 0 unspecified atom stereocenters. The number of ether oxygens (including phenoxy) is 1. The lowest BCUT2D eigenvalue weighted by Crippen LogP contribution is -2.48. The van der Waals surface area contributed by atoms with Crippen molar-refractivity contribution in [2.24, 2.45) is 17.8 Å². The molecule has 0 atom stereocenters. The number of rotatable bonds is 6. The van der Waals surface area contributed by atoms with E-state index in [0.717, 1.165) is 23.4 Å². The van der Waals surface area contributed by atoms with Crippen molar-refractivity contribution in [1.82, 2.24) is 14.8 Å².